The topological polar surface area (TPSA) is 166 Å². The molecule has 1 atom stereocenters. The fourth-order valence-electron chi connectivity index (χ4n) is 3.64. The van der Waals surface area contributed by atoms with Crippen molar-refractivity contribution >= 4 is 40.4 Å². The van der Waals surface area contributed by atoms with Gasteiger partial charge >= 0.3 is 0 Å². The van der Waals surface area contributed by atoms with Crippen LogP contribution in [0, 0.1) is 0 Å². The number of hydrogen-bond donors (Lipinski definition) is 3. The Morgan fingerprint density at radius 3 is 2.48 bits per heavy atom. The molecule has 2 aromatic heterocycles. The Kier molecular flexibility index (Phi) is 5.00. The standard InChI is InChI=1S/C22H15ClN8O2/c23-12-5-1-3-10-15(12)18(32)11-4-2-6-13(16(11)19(10)33)30-31-17-20(24)28-22(29-21(17)25)14-9-26-7-8-27-14/h1-9,18,32H,(H4,24,25,28,29)/b31-30+. The third-order valence-corrected chi connectivity index (χ3v) is 5.48. The Balaban J connectivity index is 1.56. The minimum atomic E-state index is -1.08. The van der Waals surface area contributed by atoms with Gasteiger partial charge in [0.1, 0.15) is 11.8 Å². The predicted molar refractivity (Wildman–Crippen MR) is 121 cm³/mol. The molecule has 4 aromatic rings. The van der Waals surface area contributed by atoms with E-state index in [2.05, 4.69) is 30.2 Å². The summed E-state index contributed by atoms with van der Waals surface area (Å²) in [5, 5.41) is 19.5. The number of anilines is 2. The summed E-state index contributed by atoms with van der Waals surface area (Å²) >= 11 is 6.24. The Morgan fingerprint density at radius 2 is 1.76 bits per heavy atom. The van der Waals surface area contributed by atoms with Gasteiger partial charge in [-0.25, -0.2) is 15.0 Å². The molecule has 1 aliphatic rings. The number of hydrogen-bond acceptors (Lipinski definition) is 10. The molecular formula is C22H15ClN8O2. The smallest absolute Gasteiger partial charge is 0.196 e. The molecule has 0 spiro atoms. The number of ketones is 1. The summed E-state index contributed by atoms with van der Waals surface area (Å²) in [5.74, 6) is -0.154. The SMILES string of the molecule is Nc1nc(-c2cnccn2)nc(N)c1/N=N/c1cccc2c1C(=O)c1cccc(Cl)c1C2O. The molecule has 5 rings (SSSR count). The van der Waals surface area contributed by atoms with Crippen LogP contribution in [0.4, 0.5) is 23.0 Å². The molecule has 11 heteroatoms. The van der Waals surface area contributed by atoms with Gasteiger partial charge in [0, 0.05) is 28.5 Å². The molecule has 0 aliphatic heterocycles. The molecule has 2 heterocycles. The number of carbonyl (C=O) groups is 1. The van der Waals surface area contributed by atoms with Crippen LogP contribution in [0.3, 0.4) is 0 Å². The van der Waals surface area contributed by atoms with E-state index in [-0.39, 0.29) is 40.2 Å². The number of fused-ring (bicyclic) bond motifs is 2. The maximum absolute atomic E-state index is 13.2. The fraction of sp³-hybridized carbons (Fsp3) is 0.0455. The van der Waals surface area contributed by atoms with Gasteiger partial charge in [-0.3, -0.25) is 9.78 Å². The first-order valence-electron chi connectivity index (χ1n) is 9.71. The molecule has 0 saturated carbocycles. The lowest BCUT2D eigenvalue weighted by atomic mass is 9.82. The van der Waals surface area contributed by atoms with E-state index in [1.807, 2.05) is 0 Å². The largest absolute Gasteiger partial charge is 0.384 e. The molecule has 0 amide bonds. The van der Waals surface area contributed by atoms with E-state index < -0.39 is 6.10 Å². The number of rotatable bonds is 3. The zero-order valence-electron chi connectivity index (χ0n) is 16.8. The van der Waals surface area contributed by atoms with E-state index in [0.717, 1.165) is 0 Å². The van der Waals surface area contributed by atoms with E-state index in [4.69, 9.17) is 23.1 Å². The molecule has 162 valence electrons. The van der Waals surface area contributed by atoms with Gasteiger partial charge in [-0.1, -0.05) is 35.9 Å². The van der Waals surface area contributed by atoms with Crippen LogP contribution >= 0.6 is 11.6 Å². The minimum Gasteiger partial charge on any atom is -0.384 e. The number of halogens is 1. The van der Waals surface area contributed by atoms with E-state index in [1.54, 1.807) is 36.4 Å². The summed E-state index contributed by atoms with van der Waals surface area (Å²) in [6.45, 7) is 0. The van der Waals surface area contributed by atoms with Crippen molar-refractivity contribution in [1.29, 1.82) is 0 Å². The van der Waals surface area contributed by atoms with Crippen molar-refractivity contribution in [1.82, 2.24) is 19.9 Å². The molecule has 2 aromatic carbocycles. The highest BCUT2D eigenvalue weighted by Crippen LogP contribution is 2.42. The number of aliphatic hydroxyl groups is 1. The van der Waals surface area contributed by atoms with Crippen molar-refractivity contribution in [2.24, 2.45) is 10.2 Å². The predicted octanol–water partition coefficient (Wildman–Crippen LogP) is 3.79. The number of benzene rings is 2. The van der Waals surface area contributed by atoms with E-state index in [1.165, 1.54) is 18.6 Å². The van der Waals surface area contributed by atoms with Crippen LogP contribution in [0.25, 0.3) is 11.5 Å². The number of nitrogens with zero attached hydrogens (tertiary/aromatic N) is 6. The number of carbonyl (C=O) groups excluding carboxylic acids is 1. The van der Waals surface area contributed by atoms with Crippen molar-refractivity contribution < 1.29 is 9.90 Å². The maximum atomic E-state index is 13.2. The molecule has 1 aliphatic carbocycles. The number of azo groups is 1. The lowest BCUT2D eigenvalue weighted by Crippen LogP contribution is -2.19. The highest BCUT2D eigenvalue weighted by atomic mass is 35.5. The van der Waals surface area contributed by atoms with Crippen LogP contribution in [0.1, 0.15) is 33.2 Å². The van der Waals surface area contributed by atoms with Gasteiger partial charge in [0.2, 0.25) is 0 Å². The highest BCUT2D eigenvalue weighted by molar-refractivity contribution is 6.32. The normalized spacial score (nSPS) is 14.8. The maximum Gasteiger partial charge on any atom is 0.196 e. The second kappa shape index (κ2) is 8.01. The molecule has 0 bridgehead atoms. The van der Waals surface area contributed by atoms with Gasteiger partial charge in [0.05, 0.1) is 17.4 Å². The van der Waals surface area contributed by atoms with Crippen LogP contribution in [-0.4, -0.2) is 30.8 Å². The van der Waals surface area contributed by atoms with E-state index >= 15 is 0 Å². The Hall–Kier alpha value is -4.28. The monoisotopic (exact) mass is 458 g/mol. The summed E-state index contributed by atoms with van der Waals surface area (Å²) < 4.78 is 0. The Morgan fingerprint density at radius 1 is 1.00 bits per heavy atom. The lowest BCUT2D eigenvalue weighted by molar-refractivity contribution is 0.102. The Labute approximate surface area is 192 Å². The number of nitrogen functional groups attached to an aromatic ring is 2. The number of nitrogens with two attached hydrogens (primary N) is 2. The molecule has 5 N–H and O–H groups in total. The number of aliphatic hydroxyl groups excluding tert-OH is 1. The minimum absolute atomic E-state index is 0.0137. The van der Waals surface area contributed by atoms with Crippen molar-refractivity contribution in [2.75, 3.05) is 11.5 Å². The summed E-state index contributed by atoms with van der Waals surface area (Å²) in [6, 6.07) is 9.79. The third kappa shape index (κ3) is 3.47. The first-order valence-corrected chi connectivity index (χ1v) is 10.1. The quantitative estimate of drug-likeness (QED) is 0.390. The van der Waals surface area contributed by atoms with Gasteiger partial charge in [-0.05, 0) is 17.7 Å². The Bertz CT molecular complexity index is 1420. The van der Waals surface area contributed by atoms with Gasteiger partial charge in [-0.2, -0.15) is 0 Å². The van der Waals surface area contributed by atoms with Crippen LogP contribution in [0.5, 0.6) is 0 Å². The zero-order valence-corrected chi connectivity index (χ0v) is 17.6. The molecule has 0 fully saturated rings. The van der Waals surface area contributed by atoms with Crippen LogP contribution in [0.15, 0.2) is 65.2 Å². The van der Waals surface area contributed by atoms with Crippen molar-refractivity contribution in [3.05, 3.63) is 82.3 Å². The molecule has 10 nitrogen and oxygen atoms in total. The van der Waals surface area contributed by atoms with Crippen LogP contribution in [0.2, 0.25) is 5.02 Å². The highest BCUT2D eigenvalue weighted by Gasteiger charge is 2.33. The molecule has 0 saturated heterocycles. The average molecular weight is 459 g/mol. The fourth-order valence-corrected chi connectivity index (χ4v) is 3.92. The van der Waals surface area contributed by atoms with E-state index in [0.29, 0.717) is 27.4 Å². The van der Waals surface area contributed by atoms with Crippen molar-refractivity contribution in [3.8, 4) is 11.5 Å². The first-order chi connectivity index (χ1) is 16.0. The van der Waals surface area contributed by atoms with E-state index in [9.17, 15) is 9.90 Å². The molecular weight excluding hydrogens is 444 g/mol. The average Bonchev–Trinajstić information content (AvgIpc) is 2.82. The van der Waals surface area contributed by atoms with Crippen molar-refractivity contribution in [3.63, 3.8) is 0 Å². The van der Waals surface area contributed by atoms with Crippen LogP contribution in [-0.2, 0) is 0 Å². The summed E-state index contributed by atoms with van der Waals surface area (Å²) in [7, 11) is 0. The molecule has 33 heavy (non-hydrogen) atoms. The third-order valence-electron chi connectivity index (χ3n) is 5.16. The lowest BCUT2D eigenvalue weighted by Gasteiger charge is -2.25. The number of aromatic nitrogens is 4. The van der Waals surface area contributed by atoms with Gasteiger partial charge in [0.25, 0.3) is 0 Å². The second-order valence-electron chi connectivity index (χ2n) is 7.13. The van der Waals surface area contributed by atoms with Gasteiger partial charge in [-0.15, -0.1) is 10.2 Å². The summed E-state index contributed by atoms with van der Waals surface area (Å²) in [5.41, 5.74) is 14.0. The first kappa shape index (κ1) is 20.6. The summed E-state index contributed by atoms with van der Waals surface area (Å²) in [4.78, 5) is 29.7. The molecule has 1 unspecified atom stereocenters. The summed E-state index contributed by atoms with van der Waals surface area (Å²) in [6.07, 6.45) is 3.41. The zero-order chi connectivity index (χ0) is 23.1. The van der Waals surface area contributed by atoms with Crippen molar-refractivity contribution in [2.45, 2.75) is 6.10 Å². The van der Waals surface area contributed by atoms with Crippen LogP contribution < -0.4 is 11.5 Å². The van der Waals surface area contributed by atoms with Gasteiger partial charge in [0.15, 0.2) is 28.9 Å². The molecule has 0 radical (unpaired) electrons. The second-order valence-corrected chi connectivity index (χ2v) is 7.54. The van der Waals surface area contributed by atoms with Gasteiger partial charge < -0.3 is 16.6 Å².